The molecule has 0 N–H and O–H groups in total. The van der Waals surface area contributed by atoms with Gasteiger partial charge in [-0.2, -0.15) is 0 Å². The van der Waals surface area contributed by atoms with Crippen LogP contribution in [0.5, 0.6) is 0 Å². The first-order chi connectivity index (χ1) is 16.5. The Labute approximate surface area is 241 Å². The molecule has 0 fully saturated rings. The van der Waals surface area contributed by atoms with Gasteiger partial charge < -0.3 is 0 Å². The minimum absolute atomic E-state index is 0.443. The van der Waals surface area contributed by atoms with E-state index in [0.717, 1.165) is 0 Å². The van der Waals surface area contributed by atoms with E-state index in [1.807, 2.05) is 0 Å². The molecule has 0 amide bonds. The second kappa shape index (κ2) is 28.7. The summed E-state index contributed by atoms with van der Waals surface area (Å²) < 4.78 is 0. The average molecular weight is 828 g/mol. The summed E-state index contributed by atoms with van der Waals surface area (Å²) in [5.74, 6) is 18.4. The van der Waals surface area contributed by atoms with Crippen LogP contribution in [0, 0.1) is 64.4 Å². The van der Waals surface area contributed by atoms with Crippen LogP contribution >= 0.6 is 0 Å². The fourth-order valence-electron chi connectivity index (χ4n) is 2.25. The Morgan fingerprint density at radius 1 is 0.242 bits per heavy atom. The van der Waals surface area contributed by atoms with Gasteiger partial charge in [-0.05, 0) is 0 Å². The van der Waals surface area contributed by atoms with E-state index in [4.69, 9.17) is 0 Å². The monoisotopic (exact) mass is 834 g/mol. The summed E-state index contributed by atoms with van der Waals surface area (Å²) in [4.78, 5) is 19.6. The molecule has 0 atom stereocenters. The molecule has 0 radical (unpaired) electrons. The van der Waals surface area contributed by atoms with E-state index in [1.54, 1.807) is 0 Å². The van der Waals surface area contributed by atoms with Crippen LogP contribution in [0.15, 0.2) is 0 Å². The van der Waals surface area contributed by atoms with Crippen molar-refractivity contribution in [2.45, 2.75) is 89.7 Å². The van der Waals surface area contributed by atoms with Crippen molar-refractivity contribution in [1.29, 1.82) is 0 Å². The molecule has 0 aromatic heterocycles. The van der Waals surface area contributed by atoms with Gasteiger partial charge >= 0.3 is 244 Å². The Morgan fingerprint density at radius 3 is 0.606 bits per heavy atom. The fourth-order valence-corrected chi connectivity index (χ4v) is 9.47. The van der Waals surface area contributed by atoms with Crippen molar-refractivity contribution in [1.82, 2.24) is 0 Å². The Kier molecular flexibility index (Phi) is 27.4. The molecule has 174 valence electrons. The Bertz CT molecular complexity index is 680. The van der Waals surface area contributed by atoms with Crippen LogP contribution in [-0.4, -0.2) is 89.7 Å². The van der Waals surface area contributed by atoms with Gasteiger partial charge in [0.15, 0.2) is 0 Å². The number of hydrogen-bond acceptors (Lipinski definition) is 0. The van der Waals surface area contributed by atoms with Crippen LogP contribution in [0.3, 0.4) is 0 Å². The molecule has 0 aromatic rings. The molecular formula is C27H30Se6. The van der Waals surface area contributed by atoms with Gasteiger partial charge in [0.1, 0.15) is 0 Å². The molecular weight excluding hydrogens is 798 g/mol. The van der Waals surface area contributed by atoms with Crippen LogP contribution < -0.4 is 0 Å². The summed E-state index contributed by atoms with van der Waals surface area (Å²) in [6.45, 7) is 0. The van der Waals surface area contributed by atoms with Gasteiger partial charge in [-0.15, -0.1) is 0 Å². The van der Waals surface area contributed by atoms with Gasteiger partial charge in [0.25, 0.3) is 0 Å². The van der Waals surface area contributed by atoms with Crippen molar-refractivity contribution in [3.05, 3.63) is 0 Å². The van der Waals surface area contributed by atoms with E-state index in [9.17, 15) is 0 Å². The third-order valence-electron chi connectivity index (χ3n) is 3.91. The second-order valence-electron chi connectivity index (χ2n) is 6.64. The first kappa shape index (κ1) is 31.5. The molecule has 0 aromatic carbocycles. The molecule has 1 aliphatic rings. The Morgan fingerprint density at radius 2 is 0.424 bits per heavy atom. The minimum atomic E-state index is 0.443. The van der Waals surface area contributed by atoms with Gasteiger partial charge in [-0.1, -0.05) is 0 Å². The molecule has 0 nitrogen and oxygen atoms in total. The second-order valence-corrected chi connectivity index (χ2v) is 18.0. The molecule has 0 aliphatic carbocycles. The molecule has 0 unspecified atom stereocenters. The van der Waals surface area contributed by atoms with Crippen molar-refractivity contribution in [3.63, 3.8) is 0 Å². The van der Waals surface area contributed by atoms with E-state index in [0.29, 0.717) is 89.7 Å². The molecule has 6 heteroatoms. The normalized spacial score (nSPS) is 18.2. The van der Waals surface area contributed by atoms with Crippen molar-refractivity contribution in [3.8, 4) is 64.4 Å². The quantitative estimate of drug-likeness (QED) is 0.256. The first-order valence-corrected chi connectivity index (χ1v) is 23.6. The SMILES string of the molecule is C1#C[Se]CCCCC[Se]C#CC#C[Se]CCCCC[Se]C#CC#C[Se]CCCCC[Se]C#C1. The van der Waals surface area contributed by atoms with Crippen molar-refractivity contribution < 1.29 is 0 Å². The van der Waals surface area contributed by atoms with Gasteiger partial charge in [0.05, 0.1) is 0 Å². The topological polar surface area (TPSA) is 0 Å². The fraction of sp³-hybridized carbons (Fsp3) is 0.556. The van der Waals surface area contributed by atoms with E-state index in [-0.39, 0.29) is 0 Å². The van der Waals surface area contributed by atoms with Crippen molar-refractivity contribution in [2.24, 2.45) is 0 Å². The molecule has 0 bridgehead atoms. The predicted molar refractivity (Wildman–Crippen MR) is 152 cm³/mol. The molecule has 0 saturated heterocycles. The molecule has 1 heterocycles. The summed E-state index contributed by atoms with van der Waals surface area (Å²) in [6.07, 6.45) is 11.8. The summed E-state index contributed by atoms with van der Waals surface area (Å²) >= 11 is 2.66. The van der Waals surface area contributed by atoms with Gasteiger partial charge in [0.2, 0.25) is 0 Å². The predicted octanol–water partition coefficient (Wildman–Crippen LogP) is 4.01. The molecule has 0 spiro atoms. The third kappa shape index (κ3) is 26.9. The van der Waals surface area contributed by atoms with Gasteiger partial charge in [0, 0.05) is 0 Å². The average Bonchev–Trinajstić information content (AvgIpc) is 2.83. The zero-order chi connectivity index (χ0) is 23.3. The first-order valence-electron chi connectivity index (χ1n) is 11.2. The van der Waals surface area contributed by atoms with Crippen molar-refractivity contribution in [2.75, 3.05) is 0 Å². The third-order valence-corrected chi connectivity index (χ3v) is 13.2. The van der Waals surface area contributed by atoms with Crippen LogP contribution in [0.4, 0.5) is 0 Å². The number of hydrogen-bond donors (Lipinski definition) is 0. The van der Waals surface area contributed by atoms with Crippen LogP contribution in [-0.2, 0) is 0 Å². The van der Waals surface area contributed by atoms with E-state index in [1.165, 1.54) is 89.7 Å². The summed E-state index contributed by atoms with van der Waals surface area (Å²) in [7, 11) is 0. The summed E-state index contributed by atoms with van der Waals surface area (Å²) in [6, 6.07) is 0. The molecule has 1 rings (SSSR count). The summed E-state index contributed by atoms with van der Waals surface area (Å²) in [5.41, 5.74) is 0. The van der Waals surface area contributed by atoms with Crippen LogP contribution in [0.25, 0.3) is 0 Å². The van der Waals surface area contributed by atoms with Crippen LogP contribution in [0.2, 0.25) is 31.9 Å². The Balaban J connectivity index is 2.28. The maximum atomic E-state index is 3.27. The van der Waals surface area contributed by atoms with Gasteiger partial charge in [-0.25, -0.2) is 0 Å². The number of rotatable bonds is 0. The summed E-state index contributed by atoms with van der Waals surface area (Å²) in [5, 5.41) is 7.57. The molecule has 33 heavy (non-hydrogen) atoms. The maximum absolute atomic E-state index is 3.27. The van der Waals surface area contributed by atoms with Crippen molar-refractivity contribution >= 4 is 89.7 Å². The van der Waals surface area contributed by atoms with Crippen LogP contribution in [0.1, 0.15) is 57.8 Å². The van der Waals surface area contributed by atoms with E-state index < -0.39 is 0 Å². The molecule has 0 saturated carbocycles. The van der Waals surface area contributed by atoms with E-state index >= 15 is 0 Å². The van der Waals surface area contributed by atoms with E-state index in [2.05, 4.69) is 64.4 Å². The van der Waals surface area contributed by atoms with Gasteiger partial charge in [-0.3, -0.25) is 0 Å². The zero-order valence-electron chi connectivity index (χ0n) is 19.1. The standard InChI is InChI=1S/C27H30Se6/c1-4-16-28-22-10-12-24-30-18-6-2-8-20-32-26-14-15-27-33-21-9-3-7-19-31-25-13-11-23-29-17-5-1/h1-9,16-21H2. The zero-order valence-corrected chi connectivity index (χ0v) is 29.3. The Hall–Kier alpha value is 0.477. The molecule has 1 aliphatic heterocycles.